The summed E-state index contributed by atoms with van der Waals surface area (Å²) in [6, 6.07) is 15.7. The maximum atomic E-state index is 13.1. The van der Waals surface area contributed by atoms with Gasteiger partial charge in [0, 0.05) is 30.1 Å². The number of amides is 2. The van der Waals surface area contributed by atoms with Gasteiger partial charge in [0.25, 0.3) is 0 Å². The summed E-state index contributed by atoms with van der Waals surface area (Å²) in [5.74, 6) is -1.24. The van der Waals surface area contributed by atoms with Crippen molar-refractivity contribution in [2.45, 2.75) is 38.6 Å². The lowest BCUT2D eigenvalue weighted by molar-refractivity contribution is -0.144. The number of hydrogen-bond donors (Lipinski definition) is 3. The van der Waals surface area contributed by atoms with Crippen molar-refractivity contribution in [3.63, 3.8) is 0 Å². The highest BCUT2D eigenvalue weighted by atomic mass is 16.5. The molecule has 33 heavy (non-hydrogen) atoms. The maximum Gasteiger partial charge on any atom is 0.308 e. The van der Waals surface area contributed by atoms with Crippen molar-refractivity contribution in [2.24, 2.45) is 11.7 Å². The van der Waals surface area contributed by atoms with Crippen LogP contribution in [0, 0.1) is 11.3 Å². The number of piperidine rings is 1. The standard InChI is InChI=1S/C25H30N4O4/c1-2-33-23(31)16-21(17-7-4-3-5-8-17)28-22(30)15-19-9-6-14-29(25(19)32)20-12-10-18(11-13-20)24(26)27/h3-5,7-8,10-13,19,21H,2,6,9,14-16H2,1H3,(H3,26,27)(H,28,30)/t19?,21-/m0/s1. The largest absolute Gasteiger partial charge is 0.466 e. The Morgan fingerprint density at radius 2 is 1.88 bits per heavy atom. The van der Waals surface area contributed by atoms with E-state index >= 15 is 0 Å². The van der Waals surface area contributed by atoms with E-state index in [1.165, 1.54) is 0 Å². The maximum absolute atomic E-state index is 13.1. The van der Waals surface area contributed by atoms with Gasteiger partial charge in [0.2, 0.25) is 11.8 Å². The second-order valence-electron chi connectivity index (χ2n) is 8.03. The zero-order valence-electron chi connectivity index (χ0n) is 18.8. The Kier molecular flexibility index (Phi) is 8.18. The first-order valence-corrected chi connectivity index (χ1v) is 11.1. The predicted octanol–water partition coefficient (Wildman–Crippen LogP) is 2.91. The first-order chi connectivity index (χ1) is 15.9. The van der Waals surface area contributed by atoms with Crippen LogP contribution in [0.5, 0.6) is 0 Å². The number of anilines is 1. The zero-order chi connectivity index (χ0) is 23.8. The van der Waals surface area contributed by atoms with Crippen molar-refractivity contribution in [2.75, 3.05) is 18.1 Å². The smallest absolute Gasteiger partial charge is 0.308 e. The van der Waals surface area contributed by atoms with Gasteiger partial charge >= 0.3 is 5.97 Å². The van der Waals surface area contributed by atoms with Crippen LogP contribution in [0.3, 0.4) is 0 Å². The highest BCUT2D eigenvalue weighted by molar-refractivity contribution is 5.99. The van der Waals surface area contributed by atoms with Gasteiger partial charge in [-0.15, -0.1) is 0 Å². The van der Waals surface area contributed by atoms with Gasteiger partial charge < -0.3 is 20.7 Å². The SMILES string of the molecule is CCOC(=O)C[C@H](NC(=O)CC1CCCN(c2ccc(C(=N)N)cc2)C1=O)c1ccccc1. The van der Waals surface area contributed by atoms with Gasteiger partial charge in [0.15, 0.2) is 0 Å². The molecule has 1 unspecified atom stereocenters. The fourth-order valence-electron chi connectivity index (χ4n) is 4.02. The van der Waals surface area contributed by atoms with Crippen LogP contribution in [0.4, 0.5) is 5.69 Å². The van der Waals surface area contributed by atoms with Crippen molar-refractivity contribution in [3.05, 3.63) is 65.7 Å². The van der Waals surface area contributed by atoms with Crippen molar-refractivity contribution >= 4 is 29.3 Å². The average molecular weight is 451 g/mol. The number of rotatable bonds is 9. The number of hydrogen-bond acceptors (Lipinski definition) is 5. The van der Waals surface area contributed by atoms with E-state index in [1.807, 2.05) is 30.3 Å². The molecule has 3 rings (SSSR count). The summed E-state index contributed by atoms with van der Waals surface area (Å²) >= 11 is 0. The van der Waals surface area contributed by atoms with E-state index in [0.717, 1.165) is 17.7 Å². The molecule has 174 valence electrons. The average Bonchev–Trinajstić information content (AvgIpc) is 2.81. The number of ether oxygens (including phenoxy) is 1. The summed E-state index contributed by atoms with van der Waals surface area (Å²) in [5.41, 5.74) is 7.62. The van der Waals surface area contributed by atoms with Crippen LogP contribution in [0.2, 0.25) is 0 Å². The minimum Gasteiger partial charge on any atom is -0.466 e. The summed E-state index contributed by atoms with van der Waals surface area (Å²) < 4.78 is 5.06. The van der Waals surface area contributed by atoms with E-state index in [2.05, 4.69) is 5.32 Å². The van der Waals surface area contributed by atoms with Crippen LogP contribution in [0.15, 0.2) is 54.6 Å². The molecule has 1 aliphatic rings. The molecule has 2 atom stereocenters. The van der Waals surface area contributed by atoms with E-state index in [9.17, 15) is 14.4 Å². The molecule has 2 aromatic rings. The van der Waals surface area contributed by atoms with E-state index in [0.29, 0.717) is 18.5 Å². The lowest BCUT2D eigenvalue weighted by Gasteiger charge is -2.32. The molecule has 0 bridgehead atoms. The van der Waals surface area contributed by atoms with Crippen LogP contribution < -0.4 is 16.0 Å². The van der Waals surface area contributed by atoms with Crippen LogP contribution in [-0.2, 0) is 19.1 Å². The number of nitrogens with two attached hydrogens (primary N) is 1. The fourth-order valence-corrected chi connectivity index (χ4v) is 4.02. The topological polar surface area (TPSA) is 126 Å². The van der Waals surface area contributed by atoms with Gasteiger partial charge in [-0.2, -0.15) is 0 Å². The summed E-state index contributed by atoms with van der Waals surface area (Å²) in [6.45, 7) is 2.59. The Balaban J connectivity index is 1.66. The number of esters is 1. The second kappa shape index (κ2) is 11.3. The van der Waals surface area contributed by atoms with Gasteiger partial charge in [0.1, 0.15) is 5.84 Å². The molecule has 2 aromatic carbocycles. The third-order valence-electron chi connectivity index (χ3n) is 5.68. The fraction of sp³-hybridized carbons (Fsp3) is 0.360. The summed E-state index contributed by atoms with van der Waals surface area (Å²) in [4.78, 5) is 39.7. The van der Waals surface area contributed by atoms with E-state index in [1.54, 1.807) is 36.1 Å². The Bertz CT molecular complexity index is 991. The van der Waals surface area contributed by atoms with Gasteiger partial charge in [0.05, 0.1) is 19.1 Å². The van der Waals surface area contributed by atoms with Crippen LogP contribution in [0.1, 0.15) is 49.8 Å². The third-order valence-corrected chi connectivity index (χ3v) is 5.68. The minimum atomic E-state index is -0.522. The van der Waals surface area contributed by atoms with Crippen molar-refractivity contribution < 1.29 is 19.1 Å². The Morgan fingerprint density at radius 3 is 2.52 bits per heavy atom. The first kappa shape index (κ1) is 24.0. The normalized spacial score (nSPS) is 16.7. The number of amidine groups is 1. The number of nitrogens with zero attached hydrogens (tertiary/aromatic N) is 1. The Labute approximate surface area is 193 Å². The van der Waals surface area contributed by atoms with E-state index in [4.69, 9.17) is 15.9 Å². The Morgan fingerprint density at radius 1 is 1.18 bits per heavy atom. The summed E-state index contributed by atoms with van der Waals surface area (Å²) in [6.07, 6.45) is 1.48. The van der Waals surface area contributed by atoms with Gasteiger partial charge in [-0.1, -0.05) is 30.3 Å². The molecule has 8 heteroatoms. The van der Waals surface area contributed by atoms with Crippen molar-refractivity contribution in [1.82, 2.24) is 5.32 Å². The quantitative estimate of drug-likeness (QED) is 0.308. The lowest BCUT2D eigenvalue weighted by Crippen LogP contribution is -2.43. The second-order valence-corrected chi connectivity index (χ2v) is 8.03. The van der Waals surface area contributed by atoms with E-state index in [-0.39, 0.29) is 43.1 Å². The molecular formula is C25H30N4O4. The molecule has 1 saturated heterocycles. The van der Waals surface area contributed by atoms with Crippen molar-refractivity contribution in [1.29, 1.82) is 5.41 Å². The van der Waals surface area contributed by atoms with E-state index < -0.39 is 12.0 Å². The molecule has 1 fully saturated rings. The molecule has 0 saturated carbocycles. The molecule has 2 amide bonds. The lowest BCUT2D eigenvalue weighted by atomic mass is 9.92. The predicted molar refractivity (Wildman–Crippen MR) is 126 cm³/mol. The summed E-state index contributed by atoms with van der Waals surface area (Å²) in [7, 11) is 0. The molecule has 8 nitrogen and oxygen atoms in total. The van der Waals surface area contributed by atoms with Gasteiger partial charge in [-0.25, -0.2) is 0 Å². The molecule has 1 heterocycles. The molecule has 0 spiro atoms. The molecular weight excluding hydrogens is 420 g/mol. The van der Waals surface area contributed by atoms with Crippen LogP contribution >= 0.6 is 0 Å². The van der Waals surface area contributed by atoms with Gasteiger partial charge in [-0.05, 0) is 49.6 Å². The molecule has 4 N–H and O–H groups in total. The van der Waals surface area contributed by atoms with Gasteiger partial charge in [-0.3, -0.25) is 19.8 Å². The minimum absolute atomic E-state index is 0.0246. The molecule has 1 aliphatic heterocycles. The first-order valence-electron chi connectivity index (χ1n) is 11.1. The van der Waals surface area contributed by atoms with Crippen LogP contribution in [0.25, 0.3) is 0 Å². The third kappa shape index (κ3) is 6.41. The number of benzene rings is 2. The zero-order valence-corrected chi connectivity index (χ0v) is 18.8. The number of nitrogens with one attached hydrogen (secondary N) is 2. The molecule has 0 aromatic heterocycles. The molecule has 0 radical (unpaired) electrons. The number of nitrogen functional groups attached to an aromatic ring is 1. The monoisotopic (exact) mass is 450 g/mol. The van der Waals surface area contributed by atoms with Crippen molar-refractivity contribution in [3.8, 4) is 0 Å². The highest BCUT2D eigenvalue weighted by Gasteiger charge is 2.32. The number of carbonyl (C=O) groups excluding carboxylic acids is 3. The van der Waals surface area contributed by atoms with Crippen LogP contribution in [-0.4, -0.2) is 36.8 Å². The molecule has 0 aliphatic carbocycles. The Hall–Kier alpha value is -3.68. The summed E-state index contributed by atoms with van der Waals surface area (Å²) in [5, 5.41) is 10.4. The number of carbonyl (C=O) groups is 3. The highest BCUT2D eigenvalue weighted by Crippen LogP contribution is 2.27.